The van der Waals surface area contributed by atoms with Crippen LogP contribution in [0.2, 0.25) is 5.02 Å². The maximum absolute atomic E-state index is 12.3. The standard InChI is InChI=1S/C14H18ClN3O3/c1-2-21-14(20)18-10-4-3-9-17(18)13(19)16-12-7-5-11(15)6-8-12/h5-8H,2-4,9-10H2,1H3,(H,16,19). The summed E-state index contributed by atoms with van der Waals surface area (Å²) in [5.74, 6) is 0. The van der Waals surface area contributed by atoms with E-state index in [1.54, 1.807) is 31.2 Å². The predicted octanol–water partition coefficient (Wildman–Crippen LogP) is 3.34. The van der Waals surface area contributed by atoms with E-state index < -0.39 is 6.09 Å². The summed E-state index contributed by atoms with van der Waals surface area (Å²) >= 11 is 5.80. The highest BCUT2D eigenvalue weighted by Crippen LogP contribution is 2.17. The van der Waals surface area contributed by atoms with Crippen molar-refractivity contribution < 1.29 is 14.3 Å². The molecule has 0 saturated carbocycles. The molecule has 1 saturated heterocycles. The van der Waals surface area contributed by atoms with Crippen LogP contribution in [0.5, 0.6) is 0 Å². The number of amides is 3. The Morgan fingerprint density at radius 2 is 1.81 bits per heavy atom. The number of rotatable bonds is 2. The first-order valence-corrected chi connectivity index (χ1v) is 7.28. The van der Waals surface area contributed by atoms with Crippen molar-refractivity contribution in [3.63, 3.8) is 0 Å². The lowest BCUT2D eigenvalue weighted by Gasteiger charge is -2.37. The maximum Gasteiger partial charge on any atom is 0.428 e. The number of halogens is 1. The quantitative estimate of drug-likeness (QED) is 0.911. The summed E-state index contributed by atoms with van der Waals surface area (Å²) in [6.07, 6.45) is 1.21. The van der Waals surface area contributed by atoms with E-state index >= 15 is 0 Å². The van der Waals surface area contributed by atoms with Crippen LogP contribution in [0.1, 0.15) is 19.8 Å². The summed E-state index contributed by atoms with van der Waals surface area (Å²) in [5.41, 5.74) is 0.624. The van der Waals surface area contributed by atoms with Crippen LogP contribution in [0.4, 0.5) is 15.3 Å². The first-order valence-electron chi connectivity index (χ1n) is 6.90. The fourth-order valence-electron chi connectivity index (χ4n) is 2.08. The normalized spacial score (nSPS) is 14.8. The minimum Gasteiger partial charge on any atom is -0.448 e. The van der Waals surface area contributed by atoms with Gasteiger partial charge in [0.2, 0.25) is 0 Å². The summed E-state index contributed by atoms with van der Waals surface area (Å²) in [5, 5.41) is 6.07. The van der Waals surface area contributed by atoms with Gasteiger partial charge in [-0.3, -0.25) is 0 Å². The van der Waals surface area contributed by atoms with Crippen LogP contribution in [0, 0.1) is 0 Å². The molecule has 2 rings (SSSR count). The van der Waals surface area contributed by atoms with Crippen LogP contribution >= 0.6 is 11.6 Å². The van der Waals surface area contributed by atoms with Gasteiger partial charge in [-0.05, 0) is 44.0 Å². The lowest BCUT2D eigenvalue weighted by atomic mass is 10.2. The molecule has 3 amide bonds. The lowest BCUT2D eigenvalue weighted by Crippen LogP contribution is -2.54. The van der Waals surface area contributed by atoms with Crippen molar-refractivity contribution in [2.24, 2.45) is 0 Å². The molecule has 0 atom stereocenters. The number of benzene rings is 1. The number of carbonyl (C=O) groups is 2. The van der Waals surface area contributed by atoms with Gasteiger partial charge in [0.1, 0.15) is 0 Å². The molecular formula is C14H18ClN3O3. The Bertz CT molecular complexity index is 507. The number of nitrogens with one attached hydrogen (secondary N) is 1. The van der Waals surface area contributed by atoms with Gasteiger partial charge in [-0.1, -0.05) is 11.6 Å². The summed E-state index contributed by atoms with van der Waals surface area (Å²) < 4.78 is 4.98. The molecule has 0 aromatic heterocycles. The van der Waals surface area contributed by atoms with E-state index in [1.165, 1.54) is 10.0 Å². The Morgan fingerprint density at radius 1 is 1.19 bits per heavy atom. The van der Waals surface area contributed by atoms with E-state index in [-0.39, 0.29) is 12.6 Å². The van der Waals surface area contributed by atoms with Gasteiger partial charge in [0.05, 0.1) is 6.61 Å². The second-order valence-electron chi connectivity index (χ2n) is 4.59. The Labute approximate surface area is 128 Å². The van der Waals surface area contributed by atoms with E-state index in [1.807, 2.05) is 0 Å². The number of hydrogen-bond acceptors (Lipinski definition) is 3. The van der Waals surface area contributed by atoms with Crippen LogP contribution in [0.15, 0.2) is 24.3 Å². The van der Waals surface area contributed by atoms with Crippen LogP contribution in [0.3, 0.4) is 0 Å². The highest BCUT2D eigenvalue weighted by molar-refractivity contribution is 6.30. The zero-order valence-corrected chi connectivity index (χ0v) is 12.6. The molecule has 114 valence electrons. The van der Waals surface area contributed by atoms with Gasteiger partial charge in [0, 0.05) is 23.8 Å². The average molecular weight is 312 g/mol. The molecule has 1 fully saturated rings. The number of urea groups is 1. The van der Waals surface area contributed by atoms with Crippen molar-refractivity contribution in [1.29, 1.82) is 0 Å². The monoisotopic (exact) mass is 311 g/mol. The number of anilines is 1. The minimum atomic E-state index is -0.497. The predicted molar refractivity (Wildman–Crippen MR) is 80.1 cm³/mol. The molecule has 1 heterocycles. The summed E-state index contributed by atoms with van der Waals surface area (Å²) in [6.45, 7) is 2.98. The van der Waals surface area contributed by atoms with E-state index in [4.69, 9.17) is 16.3 Å². The van der Waals surface area contributed by atoms with E-state index in [0.717, 1.165) is 12.8 Å². The number of nitrogens with zero attached hydrogens (tertiary/aromatic N) is 2. The Morgan fingerprint density at radius 3 is 2.43 bits per heavy atom. The van der Waals surface area contributed by atoms with Gasteiger partial charge in [-0.25, -0.2) is 19.6 Å². The highest BCUT2D eigenvalue weighted by atomic mass is 35.5. The fourth-order valence-corrected chi connectivity index (χ4v) is 2.21. The Hall–Kier alpha value is -1.95. The van der Waals surface area contributed by atoms with Crippen molar-refractivity contribution in [1.82, 2.24) is 10.0 Å². The average Bonchev–Trinajstić information content (AvgIpc) is 2.50. The first kappa shape index (κ1) is 15.4. The molecule has 0 radical (unpaired) electrons. The van der Waals surface area contributed by atoms with Gasteiger partial charge in [-0.2, -0.15) is 0 Å². The van der Waals surface area contributed by atoms with Crippen LogP contribution in [0.25, 0.3) is 0 Å². The first-order chi connectivity index (χ1) is 10.1. The third kappa shape index (κ3) is 4.01. The van der Waals surface area contributed by atoms with E-state index in [2.05, 4.69) is 5.32 Å². The topological polar surface area (TPSA) is 61.9 Å². The van der Waals surface area contributed by atoms with E-state index in [9.17, 15) is 9.59 Å². The zero-order chi connectivity index (χ0) is 15.2. The highest BCUT2D eigenvalue weighted by Gasteiger charge is 2.29. The fraction of sp³-hybridized carbons (Fsp3) is 0.429. The van der Waals surface area contributed by atoms with Crippen molar-refractivity contribution in [2.45, 2.75) is 19.8 Å². The molecule has 21 heavy (non-hydrogen) atoms. The zero-order valence-electron chi connectivity index (χ0n) is 11.8. The smallest absolute Gasteiger partial charge is 0.428 e. The summed E-state index contributed by atoms with van der Waals surface area (Å²) in [6, 6.07) is 6.44. The third-order valence-electron chi connectivity index (χ3n) is 3.09. The molecular weight excluding hydrogens is 294 g/mol. The van der Waals surface area contributed by atoms with Gasteiger partial charge >= 0.3 is 12.1 Å². The summed E-state index contributed by atoms with van der Waals surface area (Å²) in [4.78, 5) is 24.2. The molecule has 1 aromatic carbocycles. The molecule has 1 aliphatic heterocycles. The largest absolute Gasteiger partial charge is 0.448 e. The molecule has 1 aromatic rings. The SMILES string of the molecule is CCOC(=O)N1CCCCN1C(=O)Nc1ccc(Cl)cc1. The maximum atomic E-state index is 12.3. The van der Waals surface area contributed by atoms with Crippen molar-refractivity contribution in [3.05, 3.63) is 29.3 Å². The molecule has 0 bridgehead atoms. The Kier molecular flexibility index (Phi) is 5.27. The van der Waals surface area contributed by atoms with E-state index in [0.29, 0.717) is 23.8 Å². The second kappa shape index (κ2) is 7.17. The van der Waals surface area contributed by atoms with Gasteiger partial charge < -0.3 is 10.1 Å². The number of hydrazine groups is 1. The molecule has 0 unspecified atom stereocenters. The molecule has 7 heteroatoms. The van der Waals surface area contributed by atoms with Gasteiger partial charge in [-0.15, -0.1) is 0 Å². The molecule has 1 aliphatic rings. The molecule has 0 spiro atoms. The second-order valence-corrected chi connectivity index (χ2v) is 5.03. The minimum absolute atomic E-state index is 0.280. The summed E-state index contributed by atoms with van der Waals surface area (Å²) in [7, 11) is 0. The Balaban J connectivity index is 2.04. The molecule has 6 nitrogen and oxygen atoms in total. The van der Waals surface area contributed by atoms with Crippen LogP contribution in [-0.4, -0.2) is 41.8 Å². The lowest BCUT2D eigenvalue weighted by molar-refractivity contribution is -0.00724. The number of ether oxygens (including phenoxy) is 1. The third-order valence-corrected chi connectivity index (χ3v) is 3.34. The van der Waals surface area contributed by atoms with Crippen molar-refractivity contribution >= 4 is 29.4 Å². The van der Waals surface area contributed by atoms with Crippen LogP contribution in [-0.2, 0) is 4.74 Å². The van der Waals surface area contributed by atoms with Gasteiger partial charge in [0.25, 0.3) is 0 Å². The number of carbonyl (C=O) groups excluding carboxylic acids is 2. The molecule has 1 N–H and O–H groups in total. The van der Waals surface area contributed by atoms with Crippen molar-refractivity contribution in [2.75, 3.05) is 25.0 Å². The number of hydrogen-bond donors (Lipinski definition) is 1. The van der Waals surface area contributed by atoms with Crippen LogP contribution < -0.4 is 5.32 Å². The van der Waals surface area contributed by atoms with Crippen molar-refractivity contribution in [3.8, 4) is 0 Å². The molecule has 0 aliphatic carbocycles. The van der Waals surface area contributed by atoms with Gasteiger partial charge in [0.15, 0.2) is 0 Å².